The van der Waals surface area contributed by atoms with Crippen LogP contribution in [0.2, 0.25) is 0 Å². The van der Waals surface area contributed by atoms with Crippen LogP contribution in [0.15, 0.2) is 93.6 Å². The summed E-state index contributed by atoms with van der Waals surface area (Å²) in [5, 5.41) is 0. The van der Waals surface area contributed by atoms with E-state index in [-0.39, 0.29) is 14.7 Å². The van der Waals surface area contributed by atoms with Crippen molar-refractivity contribution in [1.82, 2.24) is 0 Å². The van der Waals surface area contributed by atoms with Crippen molar-refractivity contribution in [2.24, 2.45) is 5.41 Å². The SMILES string of the molecule is Cc1ccc(S(=O)(=O)CC(=C(c2ccccc2)C(C)(C)C)S(=O)(=O)c2ccc(C)cc2)cc1. The van der Waals surface area contributed by atoms with Gasteiger partial charge >= 0.3 is 0 Å². The number of benzene rings is 3. The molecule has 3 aromatic carbocycles. The van der Waals surface area contributed by atoms with Gasteiger partial charge in [-0.25, -0.2) is 16.8 Å². The fraction of sp³-hybridized carbons (Fsp3) is 0.259. The normalized spacial score (nSPS) is 13.5. The number of aryl methyl sites for hydroxylation is 2. The molecule has 0 saturated heterocycles. The summed E-state index contributed by atoms with van der Waals surface area (Å²) in [4.78, 5) is 0.0940. The standard InChI is InChI=1S/C27H30O4S2/c1-20-11-15-23(16-12-20)32(28,29)19-25(33(30,31)24-17-13-21(2)14-18-24)26(27(3,4)5)22-9-7-6-8-10-22/h6-18H,19H2,1-5H3. The van der Waals surface area contributed by atoms with E-state index in [1.165, 1.54) is 24.3 Å². The van der Waals surface area contributed by atoms with Gasteiger partial charge in [0, 0.05) is 0 Å². The lowest BCUT2D eigenvalue weighted by molar-refractivity contribution is 0.561. The minimum absolute atomic E-state index is 0.0832. The Balaban J connectivity index is 2.34. The Morgan fingerprint density at radius 2 is 1.12 bits per heavy atom. The third-order valence-electron chi connectivity index (χ3n) is 5.45. The van der Waals surface area contributed by atoms with Crippen molar-refractivity contribution in [3.05, 3.63) is 100 Å². The summed E-state index contributed by atoms with van der Waals surface area (Å²) in [6.07, 6.45) is 0. The zero-order valence-electron chi connectivity index (χ0n) is 19.7. The van der Waals surface area contributed by atoms with Gasteiger partial charge < -0.3 is 0 Å². The number of rotatable bonds is 6. The molecule has 33 heavy (non-hydrogen) atoms. The fourth-order valence-corrected chi connectivity index (χ4v) is 7.53. The molecule has 0 spiro atoms. The molecule has 0 amide bonds. The summed E-state index contributed by atoms with van der Waals surface area (Å²) in [7, 11) is -8.02. The van der Waals surface area contributed by atoms with Crippen molar-refractivity contribution in [3.63, 3.8) is 0 Å². The van der Waals surface area contributed by atoms with E-state index in [4.69, 9.17) is 0 Å². The second-order valence-corrected chi connectivity index (χ2v) is 13.3. The van der Waals surface area contributed by atoms with E-state index >= 15 is 0 Å². The highest BCUT2D eigenvalue weighted by Crippen LogP contribution is 2.41. The highest BCUT2D eigenvalue weighted by Gasteiger charge is 2.34. The molecule has 6 heteroatoms. The number of hydrogen-bond donors (Lipinski definition) is 0. The first kappa shape index (κ1) is 24.9. The Morgan fingerprint density at radius 3 is 1.58 bits per heavy atom. The highest BCUT2D eigenvalue weighted by molar-refractivity contribution is 7.98. The van der Waals surface area contributed by atoms with Gasteiger partial charge in [0.25, 0.3) is 0 Å². The molecule has 0 aliphatic carbocycles. The smallest absolute Gasteiger partial charge is 0.204 e. The maximum absolute atomic E-state index is 13.9. The van der Waals surface area contributed by atoms with Gasteiger partial charge in [-0.3, -0.25) is 0 Å². The van der Waals surface area contributed by atoms with Gasteiger partial charge in [0.2, 0.25) is 9.84 Å². The van der Waals surface area contributed by atoms with E-state index in [0.29, 0.717) is 11.1 Å². The van der Waals surface area contributed by atoms with Crippen LogP contribution in [-0.4, -0.2) is 22.6 Å². The second kappa shape index (κ2) is 9.27. The summed E-state index contributed by atoms with van der Waals surface area (Å²) in [5.41, 5.74) is 2.41. The van der Waals surface area contributed by atoms with Crippen LogP contribution >= 0.6 is 0 Å². The average Bonchev–Trinajstić information content (AvgIpc) is 2.73. The molecule has 3 aromatic rings. The third-order valence-corrected chi connectivity index (χ3v) is 9.18. The van der Waals surface area contributed by atoms with Crippen molar-refractivity contribution >= 4 is 25.2 Å². The minimum atomic E-state index is -4.10. The summed E-state index contributed by atoms with van der Waals surface area (Å²) in [5.74, 6) is -0.617. The van der Waals surface area contributed by atoms with Crippen LogP contribution in [0.25, 0.3) is 5.57 Å². The molecule has 0 aromatic heterocycles. The molecule has 0 aliphatic rings. The predicted octanol–water partition coefficient (Wildman–Crippen LogP) is 6.01. The van der Waals surface area contributed by atoms with Gasteiger partial charge in [-0.2, -0.15) is 0 Å². The molecule has 174 valence electrons. The molecule has 0 unspecified atom stereocenters. The van der Waals surface area contributed by atoms with E-state index in [1.807, 2.05) is 65.0 Å². The zero-order chi connectivity index (χ0) is 24.4. The summed E-state index contributed by atoms with van der Waals surface area (Å²) in [6, 6.07) is 22.1. The highest BCUT2D eigenvalue weighted by atomic mass is 32.2. The van der Waals surface area contributed by atoms with Crippen molar-refractivity contribution < 1.29 is 16.8 Å². The monoisotopic (exact) mass is 482 g/mol. The molecule has 0 saturated carbocycles. The molecular weight excluding hydrogens is 452 g/mol. The lowest BCUT2D eigenvalue weighted by Gasteiger charge is -2.27. The molecular formula is C27H30O4S2. The molecule has 4 nitrogen and oxygen atoms in total. The van der Waals surface area contributed by atoms with Gasteiger partial charge in [0.1, 0.15) is 0 Å². The first-order valence-electron chi connectivity index (χ1n) is 10.7. The lowest BCUT2D eigenvalue weighted by Crippen LogP contribution is -2.22. The van der Waals surface area contributed by atoms with E-state index < -0.39 is 30.8 Å². The van der Waals surface area contributed by atoms with Crippen LogP contribution in [0.1, 0.15) is 37.5 Å². The Labute approximate surface area is 197 Å². The van der Waals surface area contributed by atoms with Crippen LogP contribution in [0.5, 0.6) is 0 Å². The number of hydrogen-bond acceptors (Lipinski definition) is 4. The molecule has 0 N–H and O–H groups in total. The van der Waals surface area contributed by atoms with Gasteiger partial charge in [0.05, 0.1) is 20.4 Å². The Morgan fingerprint density at radius 1 is 0.667 bits per heavy atom. The summed E-state index contributed by atoms with van der Waals surface area (Å²) in [6.45, 7) is 9.45. The minimum Gasteiger partial charge on any atom is -0.223 e. The molecule has 3 rings (SSSR count). The predicted molar refractivity (Wildman–Crippen MR) is 134 cm³/mol. The molecule has 0 fully saturated rings. The number of allylic oxidation sites excluding steroid dienone is 1. The fourth-order valence-electron chi connectivity index (χ4n) is 3.76. The second-order valence-electron chi connectivity index (χ2n) is 9.30. The first-order valence-corrected chi connectivity index (χ1v) is 13.9. The van der Waals surface area contributed by atoms with Gasteiger partial charge in [-0.15, -0.1) is 0 Å². The Bertz CT molecular complexity index is 1360. The van der Waals surface area contributed by atoms with E-state index in [2.05, 4.69) is 0 Å². The summed E-state index contributed by atoms with van der Waals surface area (Å²) < 4.78 is 54.8. The van der Waals surface area contributed by atoms with Gasteiger partial charge in [0.15, 0.2) is 9.84 Å². The molecule has 0 heterocycles. The first-order chi connectivity index (χ1) is 15.3. The van der Waals surface area contributed by atoms with E-state index in [1.54, 1.807) is 24.3 Å². The topological polar surface area (TPSA) is 68.3 Å². The van der Waals surface area contributed by atoms with E-state index in [9.17, 15) is 16.8 Å². The molecule has 0 bridgehead atoms. The van der Waals surface area contributed by atoms with Crippen molar-refractivity contribution in [2.45, 2.75) is 44.4 Å². The zero-order valence-corrected chi connectivity index (χ0v) is 21.3. The lowest BCUT2D eigenvalue weighted by atomic mass is 9.82. The van der Waals surface area contributed by atoms with Crippen LogP contribution in [0.4, 0.5) is 0 Å². The summed E-state index contributed by atoms with van der Waals surface area (Å²) >= 11 is 0. The Kier molecular flexibility index (Phi) is 7.01. The van der Waals surface area contributed by atoms with Crippen molar-refractivity contribution in [2.75, 3.05) is 5.75 Å². The van der Waals surface area contributed by atoms with Crippen molar-refractivity contribution in [3.8, 4) is 0 Å². The maximum atomic E-state index is 13.9. The molecule has 0 atom stereocenters. The maximum Gasteiger partial charge on any atom is 0.204 e. The van der Waals surface area contributed by atoms with Crippen molar-refractivity contribution in [1.29, 1.82) is 0 Å². The van der Waals surface area contributed by atoms with Crippen LogP contribution in [0.3, 0.4) is 0 Å². The van der Waals surface area contributed by atoms with Crippen LogP contribution in [-0.2, 0) is 19.7 Å². The van der Waals surface area contributed by atoms with Gasteiger partial charge in [-0.05, 0) is 54.7 Å². The molecule has 0 radical (unpaired) electrons. The van der Waals surface area contributed by atoms with E-state index in [0.717, 1.165) is 11.1 Å². The third kappa shape index (κ3) is 5.63. The van der Waals surface area contributed by atoms with Crippen LogP contribution < -0.4 is 0 Å². The number of sulfone groups is 2. The average molecular weight is 483 g/mol. The van der Waals surface area contributed by atoms with Gasteiger partial charge in [-0.1, -0.05) is 86.5 Å². The largest absolute Gasteiger partial charge is 0.223 e. The molecule has 0 aliphatic heterocycles. The Hall–Kier alpha value is -2.70. The quantitative estimate of drug-likeness (QED) is 0.432. The van der Waals surface area contributed by atoms with Crippen LogP contribution in [0, 0.1) is 19.3 Å².